The number of nitrogens with zero attached hydrogens (tertiary/aromatic N) is 5. The zero-order valence-electron chi connectivity index (χ0n) is 29.9. The van der Waals surface area contributed by atoms with Gasteiger partial charge in [0.2, 0.25) is 5.91 Å². The van der Waals surface area contributed by atoms with Crippen LogP contribution in [-0.2, 0) is 11.3 Å². The first kappa shape index (κ1) is 36.9. The maximum absolute atomic E-state index is 14.5. The topological polar surface area (TPSA) is 219 Å². The number of carboxylic acids is 1. The summed E-state index contributed by atoms with van der Waals surface area (Å²) in [6, 6.07) is 17.6. The SMILES string of the molecule is CCN=C(N)N1CCC(Oc2ccc(N(Cc3nc4cc(C(=N)N)ccc4n3C(C(N)=O)C3CCCCC3)C(=O)c3ccccc3C(=O)O)cc2)CC1. The molecule has 3 aromatic carbocycles. The van der Waals surface area contributed by atoms with Crippen LogP contribution in [0.3, 0.4) is 0 Å². The molecule has 1 aliphatic heterocycles. The van der Waals surface area contributed by atoms with Gasteiger partial charge in [-0.1, -0.05) is 31.4 Å². The Kier molecular flexibility index (Phi) is 11.3. The van der Waals surface area contributed by atoms with Gasteiger partial charge in [0, 0.05) is 43.7 Å². The zero-order valence-corrected chi connectivity index (χ0v) is 29.9. The van der Waals surface area contributed by atoms with E-state index >= 15 is 0 Å². The average molecular weight is 722 g/mol. The first-order chi connectivity index (χ1) is 25.5. The summed E-state index contributed by atoms with van der Waals surface area (Å²) < 4.78 is 8.14. The third kappa shape index (κ3) is 8.11. The molecule has 0 radical (unpaired) electrons. The number of ether oxygens (including phenoxy) is 1. The number of piperidine rings is 1. The Labute approximate surface area is 308 Å². The number of anilines is 1. The van der Waals surface area contributed by atoms with E-state index in [1.54, 1.807) is 54.6 Å². The highest BCUT2D eigenvalue weighted by Gasteiger charge is 2.34. The van der Waals surface area contributed by atoms with E-state index in [1.165, 1.54) is 17.0 Å². The van der Waals surface area contributed by atoms with Crippen LogP contribution in [0.1, 0.15) is 90.0 Å². The van der Waals surface area contributed by atoms with Crippen molar-refractivity contribution in [2.75, 3.05) is 24.5 Å². The molecule has 0 spiro atoms. The number of aromatic carboxylic acids is 1. The van der Waals surface area contributed by atoms with Crippen molar-refractivity contribution >= 4 is 46.3 Å². The summed E-state index contributed by atoms with van der Waals surface area (Å²) in [5.74, 6) is -0.932. The van der Waals surface area contributed by atoms with Crippen molar-refractivity contribution in [2.45, 2.75) is 70.6 Å². The van der Waals surface area contributed by atoms with E-state index < -0.39 is 23.8 Å². The van der Waals surface area contributed by atoms with Crippen LogP contribution in [0.4, 0.5) is 5.69 Å². The maximum atomic E-state index is 14.5. The first-order valence-electron chi connectivity index (χ1n) is 18.2. The second-order valence-corrected chi connectivity index (χ2v) is 13.6. The molecule has 1 saturated heterocycles. The molecule has 1 aliphatic carbocycles. The number of nitrogens with two attached hydrogens (primary N) is 3. The maximum Gasteiger partial charge on any atom is 0.336 e. The lowest BCUT2D eigenvalue weighted by molar-refractivity contribution is -0.123. The number of hydrogen-bond acceptors (Lipinski definition) is 7. The van der Waals surface area contributed by atoms with E-state index in [4.69, 9.17) is 32.3 Å². The molecular formula is C39H47N9O5. The Morgan fingerprint density at radius 2 is 1.64 bits per heavy atom. The molecule has 8 N–H and O–H groups in total. The number of carboxylic acid groups (broad SMARTS) is 1. The third-order valence-corrected chi connectivity index (χ3v) is 10.2. The van der Waals surface area contributed by atoms with E-state index in [0.717, 1.165) is 58.0 Å². The number of rotatable bonds is 12. The lowest BCUT2D eigenvalue weighted by atomic mass is 9.83. The molecule has 2 heterocycles. The summed E-state index contributed by atoms with van der Waals surface area (Å²) in [7, 11) is 0. The molecule has 1 aromatic heterocycles. The number of guanidine groups is 1. The number of hydrogen-bond donors (Lipinski definition) is 5. The molecule has 1 atom stereocenters. The predicted octanol–water partition coefficient (Wildman–Crippen LogP) is 4.65. The number of amides is 2. The lowest BCUT2D eigenvalue weighted by Crippen LogP contribution is -2.45. The zero-order chi connectivity index (χ0) is 37.6. The fourth-order valence-corrected chi connectivity index (χ4v) is 7.54. The van der Waals surface area contributed by atoms with Crippen LogP contribution in [0.25, 0.3) is 11.0 Å². The van der Waals surface area contributed by atoms with Crippen LogP contribution in [0.2, 0.25) is 0 Å². The monoisotopic (exact) mass is 721 g/mol. The van der Waals surface area contributed by atoms with E-state index in [-0.39, 0.29) is 35.5 Å². The highest BCUT2D eigenvalue weighted by molar-refractivity contribution is 6.12. The Morgan fingerprint density at radius 3 is 2.26 bits per heavy atom. The van der Waals surface area contributed by atoms with Gasteiger partial charge >= 0.3 is 5.97 Å². The van der Waals surface area contributed by atoms with Gasteiger partial charge in [-0.05, 0) is 80.3 Å². The largest absolute Gasteiger partial charge is 0.490 e. The van der Waals surface area contributed by atoms with Crippen LogP contribution in [0.5, 0.6) is 5.75 Å². The Bertz CT molecular complexity index is 2010. The van der Waals surface area contributed by atoms with Gasteiger partial charge < -0.3 is 41.4 Å². The van der Waals surface area contributed by atoms with E-state index in [9.17, 15) is 19.5 Å². The Morgan fingerprint density at radius 1 is 0.962 bits per heavy atom. The molecule has 2 amide bonds. The Hall–Kier alpha value is -5.92. The summed E-state index contributed by atoms with van der Waals surface area (Å²) in [5.41, 5.74) is 20.0. The molecule has 0 bridgehead atoms. The number of benzene rings is 3. The molecule has 1 unspecified atom stereocenters. The van der Waals surface area contributed by atoms with Crippen LogP contribution in [0.15, 0.2) is 71.7 Å². The molecule has 4 aromatic rings. The van der Waals surface area contributed by atoms with Crippen LogP contribution >= 0.6 is 0 Å². The second-order valence-electron chi connectivity index (χ2n) is 13.6. The molecule has 53 heavy (non-hydrogen) atoms. The van der Waals surface area contributed by atoms with Gasteiger partial charge in [0.1, 0.15) is 29.6 Å². The molecule has 278 valence electrons. The fourth-order valence-electron chi connectivity index (χ4n) is 7.54. The Balaban J connectivity index is 1.38. The van der Waals surface area contributed by atoms with E-state index in [2.05, 4.69) is 9.89 Å². The number of carbonyl (C=O) groups excluding carboxylic acids is 2. The smallest absolute Gasteiger partial charge is 0.336 e. The lowest BCUT2D eigenvalue weighted by Gasteiger charge is -2.33. The second kappa shape index (κ2) is 16.2. The summed E-state index contributed by atoms with van der Waals surface area (Å²) in [4.78, 5) is 52.9. The first-order valence-corrected chi connectivity index (χ1v) is 18.2. The normalized spacial score (nSPS) is 16.3. The number of nitrogen functional groups attached to an aromatic ring is 1. The number of amidine groups is 1. The van der Waals surface area contributed by atoms with Crippen LogP contribution in [0, 0.1) is 11.3 Å². The minimum absolute atomic E-state index is 0.00164. The molecule has 6 rings (SSSR count). The minimum atomic E-state index is -1.23. The van der Waals surface area contributed by atoms with Crippen molar-refractivity contribution in [1.82, 2.24) is 14.5 Å². The number of likely N-dealkylation sites (tertiary alicyclic amines) is 1. The average Bonchev–Trinajstić information content (AvgIpc) is 3.51. The van der Waals surface area contributed by atoms with Gasteiger partial charge in [-0.2, -0.15) is 0 Å². The number of fused-ring (bicyclic) bond motifs is 1. The standard InChI is InChI=1S/C39H47N9O5/c1-2-44-39(43)46-20-18-28(19-21-46)53-27-15-13-26(14-16-27)47(37(50)29-10-6-7-11-30(29)38(51)52)23-33-45-31-22-25(35(40)41)12-17-32(31)48(33)34(36(42)49)24-8-4-3-5-9-24/h6-7,10-17,22,24,28,34H,2-5,8-9,18-21,23H2,1H3,(H3,40,41)(H2,42,49)(H2,43,44)(H,51,52). The van der Waals surface area contributed by atoms with Crippen molar-refractivity contribution in [3.8, 4) is 5.75 Å². The van der Waals surface area contributed by atoms with E-state index in [0.29, 0.717) is 46.4 Å². The number of primary amides is 1. The predicted molar refractivity (Wildman–Crippen MR) is 203 cm³/mol. The molecule has 14 nitrogen and oxygen atoms in total. The van der Waals surface area contributed by atoms with Crippen LogP contribution < -0.4 is 26.8 Å². The van der Waals surface area contributed by atoms with E-state index in [1.807, 2.05) is 11.5 Å². The quantitative estimate of drug-likeness (QED) is 0.101. The number of nitrogens with one attached hydrogen (secondary N) is 1. The molecular weight excluding hydrogens is 674 g/mol. The summed E-state index contributed by atoms with van der Waals surface area (Å²) in [5, 5.41) is 18.0. The number of imidazole rings is 1. The highest BCUT2D eigenvalue weighted by atomic mass is 16.5. The summed E-state index contributed by atoms with van der Waals surface area (Å²) >= 11 is 0. The van der Waals surface area contributed by atoms with Crippen molar-refractivity contribution in [2.24, 2.45) is 28.1 Å². The van der Waals surface area contributed by atoms with Gasteiger partial charge in [-0.3, -0.25) is 20.0 Å². The van der Waals surface area contributed by atoms with Crippen LogP contribution in [-0.4, -0.2) is 74.9 Å². The van der Waals surface area contributed by atoms with Crippen molar-refractivity contribution in [1.29, 1.82) is 5.41 Å². The minimum Gasteiger partial charge on any atom is -0.490 e. The molecule has 1 saturated carbocycles. The fraction of sp³-hybridized carbons (Fsp3) is 0.385. The highest BCUT2D eigenvalue weighted by Crippen LogP contribution is 2.37. The van der Waals surface area contributed by atoms with Gasteiger partial charge in [-0.15, -0.1) is 0 Å². The number of carbonyl (C=O) groups is 3. The number of aromatic nitrogens is 2. The van der Waals surface area contributed by atoms with Gasteiger partial charge in [-0.25, -0.2) is 9.78 Å². The summed E-state index contributed by atoms with van der Waals surface area (Å²) in [6.45, 7) is 3.91. The van der Waals surface area contributed by atoms with Gasteiger partial charge in [0.25, 0.3) is 5.91 Å². The summed E-state index contributed by atoms with van der Waals surface area (Å²) in [6.07, 6.45) is 6.14. The third-order valence-electron chi connectivity index (χ3n) is 10.2. The molecule has 2 fully saturated rings. The van der Waals surface area contributed by atoms with Crippen molar-refractivity contribution in [3.63, 3.8) is 0 Å². The molecule has 2 aliphatic rings. The van der Waals surface area contributed by atoms with Crippen molar-refractivity contribution < 1.29 is 24.2 Å². The number of aliphatic imine (C=N–C) groups is 1. The molecule has 14 heteroatoms. The van der Waals surface area contributed by atoms with Crippen molar-refractivity contribution in [3.05, 3.63) is 89.2 Å². The van der Waals surface area contributed by atoms with Gasteiger partial charge in [0.15, 0.2) is 5.96 Å². The van der Waals surface area contributed by atoms with Gasteiger partial charge in [0.05, 0.1) is 28.7 Å².